The molecular weight excluding hydrogens is 484 g/mol. The van der Waals surface area contributed by atoms with Crippen molar-refractivity contribution in [3.63, 3.8) is 0 Å². The first kappa shape index (κ1) is 30.5. The van der Waals surface area contributed by atoms with E-state index in [0.717, 1.165) is 41.4 Å². The third kappa shape index (κ3) is 8.71. The second kappa shape index (κ2) is 14.3. The van der Waals surface area contributed by atoms with Crippen molar-refractivity contribution in [2.75, 3.05) is 12.4 Å². The van der Waals surface area contributed by atoms with E-state index in [0.29, 0.717) is 22.7 Å². The van der Waals surface area contributed by atoms with Crippen LogP contribution in [-0.4, -0.2) is 23.9 Å². The van der Waals surface area contributed by atoms with Crippen molar-refractivity contribution in [2.45, 2.75) is 97.8 Å². The molecule has 0 heterocycles. The van der Waals surface area contributed by atoms with E-state index in [1.807, 2.05) is 49.4 Å². The Hall–Kier alpha value is -3.08. The monoisotopic (exact) mass is 532 g/mol. The molecule has 212 valence electrons. The molecule has 0 bridgehead atoms. The molecule has 0 spiro atoms. The number of nitrogens with zero attached hydrogens (tertiary/aromatic N) is 1. The van der Waals surface area contributed by atoms with Crippen molar-refractivity contribution in [1.29, 1.82) is 0 Å². The zero-order chi connectivity index (χ0) is 28.4. The number of hydrogen-bond acceptors (Lipinski definition) is 4. The fourth-order valence-electron chi connectivity index (χ4n) is 5.76. The minimum absolute atomic E-state index is 0.0922. The highest BCUT2D eigenvalue weighted by molar-refractivity contribution is 6.11. The van der Waals surface area contributed by atoms with Gasteiger partial charge in [0.15, 0.2) is 0 Å². The maximum Gasteiger partial charge on any atom is 0.259 e. The Balaban J connectivity index is 1.65. The predicted octanol–water partition coefficient (Wildman–Crippen LogP) is 9.06. The van der Waals surface area contributed by atoms with Gasteiger partial charge in [-0.3, -0.25) is 4.79 Å². The summed E-state index contributed by atoms with van der Waals surface area (Å²) in [5, 5.41) is 16.4. The highest BCUT2D eigenvalue weighted by Gasteiger charge is 2.21. The van der Waals surface area contributed by atoms with Crippen LogP contribution in [0, 0.1) is 18.8 Å². The van der Waals surface area contributed by atoms with Crippen LogP contribution in [0.2, 0.25) is 0 Å². The lowest BCUT2D eigenvalue weighted by molar-refractivity contribution is 0.102. The quantitative estimate of drug-likeness (QED) is 0.131. The van der Waals surface area contributed by atoms with Gasteiger partial charge in [-0.15, -0.1) is 0 Å². The Morgan fingerprint density at radius 3 is 2.51 bits per heavy atom. The molecule has 3 rings (SSSR count). The maximum absolute atomic E-state index is 13.3. The summed E-state index contributed by atoms with van der Waals surface area (Å²) >= 11 is 0. The standard InChI is InChI=1S/C34H48N2O3/c1-7-12-25-14-11-15-26(21-25)13-9-8-10-16-31(36-38)29-23-28(19-17-24(29)2)35-33(37)30-22-27(34(3,4)5)18-20-32(30)39-6/h10,16-20,22-23,25-26,38H,7-9,11-15,21H2,1-6H3,(H,35,37)/b16-10+,36-31+. The number of carbonyl (C=O) groups excluding carboxylic acids is 1. The van der Waals surface area contributed by atoms with E-state index in [9.17, 15) is 10.0 Å². The van der Waals surface area contributed by atoms with Gasteiger partial charge in [0.05, 0.1) is 12.7 Å². The predicted molar refractivity (Wildman–Crippen MR) is 162 cm³/mol. The van der Waals surface area contributed by atoms with E-state index >= 15 is 0 Å². The molecule has 2 unspecified atom stereocenters. The van der Waals surface area contributed by atoms with Gasteiger partial charge in [0.25, 0.3) is 5.91 Å². The van der Waals surface area contributed by atoms with Crippen LogP contribution in [0.4, 0.5) is 5.69 Å². The molecule has 39 heavy (non-hydrogen) atoms. The third-order valence-electron chi connectivity index (χ3n) is 8.04. The summed E-state index contributed by atoms with van der Waals surface area (Å²) in [6.45, 7) is 10.6. The minimum atomic E-state index is -0.241. The second-order valence-electron chi connectivity index (χ2n) is 12.2. The molecule has 0 saturated heterocycles. The van der Waals surface area contributed by atoms with Gasteiger partial charge in [0.1, 0.15) is 11.5 Å². The first-order valence-electron chi connectivity index (χ1n) is 14.7. The zero-order valence-corrected chi connectivity index (χ0v) is 24.8. The van der Waals surface area contributed by atoms with Crippen molar-refractivity contribution in [3.05, 3.63) is 70.8 Å². The summed E-state index contributed by atoms with van der Waals surface area (Å²) in [4.78, 5) is 13.3. The molecule has 0 radical (unpaired) electrons. The number of anilines is 1. The van der Waals surface area contributed by atoms with E-state index in [-0.39, 0.29) is 11.3 Å². The molecular formula is C34H48N2O3. The van der Waals surface area contributed by atoms with E-state index in [2.05, 4.69) is 44.2 Å². The molecule has 1 aliphatic rings. The number of oxime groups is 1. The number of benzene rings is 2. The molecule has 5 nitrogen and oxygen atoms in total. The van der Waals surface area contributed by atoms with E-state index in [4.69, 9.17) is 4.74 Å². The van der Waals surface area contributed by atoms with Crippen molar-refractivity contribution in [1.82, 2.24) is 0 Å². The van der Waals surface area contributed by atoms with Crippen LogP contribution in [0.1, 0.15) is 113 Å². The highest BCUT2D eigenvalue weighted by atomic mass is 16.5. The largest absolute Gasteiger partial charge is 0.496 e. The second-order valence-corrected chi connectivity index (χ2v) is 12.2. The summed E-state index contributed by atoms with van der Waals surface area (Å²) in [6.07, 6.45) is 15.6. The fraction of sp³-hybridized carbons (Fsp3) is 0.529. The van der Waals surface area contributed by atoms with Crippen LogP contribution < -0.4 is 10.1 Å². The summed E-state index contributed by atoms with van der Waals surface area (Å²) in [7, 11) is 1.57. The Labute approximate surface area is 235 Å². The average Bonchev–Trinajstić information content (AvgIpc) is 2.91. The SMILES string of the molecule is CCCC1CCCC(CCC/C=C/C(=N\O)c2cc(NC(=O)c3cc(C(C)(C)C)ccc3OC)ccc2C)C1. The van der Waals surface area contributed by atoms with Crippen molar-refractivity contribution in [2.24, 2.45) is 17.0 Å². The molecule has 2 atom stereocenters. The number of rotatable bonds is 11. The van der Waals surface area contributed by atoms with Gasteiger partial charge in [-0.1, -0.05) is 89.6 Å². The average molecular weight is 533 g/mol. The Morgan fingerprint density at radius 2 is 1.85 bits per heavy atom. The number of hydrogen-bond donors (Lipinski definition) is 2. The molecule has 1 fully saturated rings. The van der Waals surface area contributed by atoms with Gasteiger partial charge < -0.3 is 15.3 Å². The summed E-state index contributed by atoms with van der Waals surface area (Å²) < 4.78 is 5.47. The number of nitrogens with one attached hydrogen (secondary N) is 1. The van der Waals surface area contributed by atoms with Crippen LogP contribution in [0.5, 0.6) is 5.75 Å². The Kier molecular flexibility index (Phi) is 11.2. The topological polar surface area (TPSA) is 70.9 Å². The van der Waals surface area contributed by atoms with Crippen molar-refractivity contribution in [3.8, 4) is 5.75 Å². The number of allylic oxidation sites excluding steroid dienone is 2. The molecule has 0 aromatic heterocycles. The van der Waals surface area contributed by atoms with E-state index < -0.39 is 0 Å². The number of amides is 1. The van der Waals surface area contributed by atoms with Crippen LogP contribution in [0.3, 0.4) is 0 Å². The molecule has 5 heteroatoms. The van der Waals surface area contributed by atoms with Crippen LogP contribution in [-0.2, 0) is 5.41 Å². The summed E-state index contributed by atoms with van der Waals surface area (Å²) in [5.41, 5.74) is 4.35. The lowest BCUT2D eigenvalue weighted by atomic mass is 9.77. The Bertz CT molecular complexity index is 1160. The molecule has 1 aliphatic carbocycles. The molecule has 2 aromatic rings. The van der Waals surface area contributed by atoms with Gasteiger partial charge in [0, 0.05) is 11.3 Å². The minimum Gasteiger partial charge on any atom is -0.496 e. The van der Waals surface area contributed by atoms with Gasteiger partial charge >= 0.3 is 0 Å². The number of unbranched alkanes of at least 4 members (excludes halogenated alkanes) is 1. The van der Waals surface area contributed by atoms with Crippen LogP contribution in [0.15, 0.2) is 53.7 Å². The first-order valence-corrected chi connectivity index (χ1v) is 14.7. The number of carbonyl (C=O) groups is 1. The third-order valence-corrected chi connectivity index (χ3v) is 8.04. The fourth-order valence-corrected chi connectivity index (χ4v) is 5.76. The van der Waals surface area contributed by atoms with Crippen molar-refractivity contribution < 1.29 is 14.7 Å². The first-order chi connectivity index (χ1) is 18.7. The van der Waals surface area contributed by atoms with E-state index in [1.54, 1.807) is 7.11 Å². The Morgan fingerprint density at radius 1 is 1.10 bits per heavy atom. The number of methoxy groups -OCH3 is 1. The number of ether oxygens (including phenoxy) is 1. The molecule has 2 aromatic carbocycles. The van der Waals surface area contributed by atoms with E-state index in [1.165, 1.54) is 44.9 Å². The molecule has 0 aliphatic heterocycles. The molecule has 2 N–H and O–H groups in total. The molecule has 1 saturated carbocycles. The lowest BCUT2D eigenvalue weighted by Gasteiger charge is -2.28. The molecule has 1 amide bonds. The summed E-state index contributed by atoms with van der Waals surface area (Å²) in [6, 6.07) is 11.4. The van der Waals surface area contributed by atoms with Crippen LogP contribution in [0.25, 0.3) is 0 Å². The van der Waals surface area contributed by atoms with Crippen molar-refractivity contribution >= 4 is 17.3 Å². The van der Waals surface area contributed by atoms with Crippen LogP contribution >= 0.6 is 0 Å². The lowest BCUT2D eigenvalue weighted by Crippen LogP contribution is -2.17. The number of aryl methyl sites for hydroxylation is 1. The normalized spacial score (nSPS) is 18.4. The van der Waals surface area contributed by atoms with Gasteiger partial charge in [-0.05, 0) is 84.9 Å². The smallest absolute Gasteiger partial charge is 0.259 e. The van der Waals surface area contributed by atoms with Gasteiger partial charge in [-0.2, -0.15) is 0 Å². The van der Waals surface area contributed by atoms with Gasteiger partial charge in [0.2, 0.25) is 0 Å². The zero-order valence-electron chi connectivity index (χ0n) is 24.8. The maximum atomic E-state index is 13.3. The summed E-state index contributed by atoms with van der Waals surface area (Å²) in [5.74, 6) is 2.08. The highest BCUT2D eigenvalue weighted by Crippen LogP contribution is 2.34. The van der Waals surface area contributed by atoms with Gasteiger partial charge in [-0.25, -0.2) is 0 Å².